The summed E-state index contributed by atoms with van der Waals surface area (Å²) in [7, 11) is 0. The molecule has 0 saturated carbocycles. The van der Waals surface area contributed by atoms with Crippen LogP contribution in [-0.2, 0) is 12.7 Å². The van der Waals surface area contributed by atoms with Crippen LogP contribution in [0.1, 0.15) is 50.1 Å². The third-order valence-corrected chi connectivity index (χ3v) is 5.40. The van der Waals surface area contributed by atoms with Crippen molar-refractivity contribution in [1.29, 1.82) is 0 Å². The van der Waals surface area contributed by atoms with E-state index in [9.17, 15) is 23.1 Å². The van der Waals surface area contributed by atoms with Crippen LogP contribution in [0.2, 0.25) is 0 Å². The first-order chi connectivity index (χ1) is 16.3. The van der Waals surface area contributed by atoms with Crippen molar-refractivity contribution in [2.75, 3.05) is 13.1 Å². The van der Waals surface area contributed by atoms with Crippen molar-refractivity contribution < 1.29 is 27.4 Å². The van der Waals surface area contributed by atoms with Crippen molar-refractivity contribution >= 4 is 11.0 Å². The SMILES string of the molecule is Cc1cc(C)cc(Oc2c(C(F)(F)F)oc3c(CN(CC(C)C)CC(C)C)c(O)ccc3c2=O)c1. The maximum absolute atomic E-state index is 14.1. The predicted molar refractivity (Wildman–Crippen MR) is 130 cm³/mol. The van der Waals surface area contributed by atoms with Crippen LogP contribution in [0.5, 0.6) is 17.2 Å². The lowest BCUT2D eigenvalue weighted by atomic mass is 10.1. The first-order valence-corrected chi connectivity index (χ1v) is 11.6. The van der Waals surface area contributed by atoms with Crippen molar-refractivity contribution in [3.05, 3.63) is 63.0 Å². The molecule has 0 fully saturated rings. The van der Waals surface area contributed by atoms with Gasteiger partial charge in [0.05, 0.1) is 10.9 Å². The van der Waals surface area contributed by atoms with Gasteiger partial charge in [0.2, 0.25) is 11.2 Å². The number of halogens is 3. The average molecular weight is 492 g/mol. The van der Waals surface area contributed by atoms with Gasteiger partial charge in [-0.15, -0.1) is 0 Å². The van der Waals surface area contributed by atoms with Gasteiger partial charge in [-0.05, 0) is 61.1 Å². The summed E-state index contributed by atoms with van der Waals surface area (Å²) in [6, 6.07) is 7.52. The standard InChI is InChI=1S/C27H32F3NO4/c1-15(2)12-31(13-16(3)4)14-21-22(32)8-7-20-23(33)25(26(27(28,29)30)35-24(20)21)34-19-10-17(5)9-18(6)11-19/h7-11,15-16,32H,12-14H2,1-6H3. The Bertz CT molecular complexity index is 1230. The maximum atomic E-state index is 14.1. The predicted octanol–water partition coefficient (Wildman–Crippen LogP) is 7.04. The molecule has 190 valence electrons. The minimum Gasteiger partial charge on any atom is -0.507 e. The van der Waals surface area contributed by atoms with Gasteiger partial charge in [0.25, 0.3) is 5.76 Å². The third-order valence-electron chi connectivity index (χ3n) is 5.40. The Balaban J connectivity index is 2.21. The van der Waals surface area contributed by atoms with E-state index < -0.39 is 23.1 Å². The molecule has 1 N–H and O–H groups in total. The van der Waals surface area contributed by atoms with E-state index in [0.717, 1.165) is 11.1 Å². The zero-order chi connectivity index (χ0) is 26.1. The lowest BCUT2D eigenvalue weighted by Crippen LogP contribution is -2.31. The summed E-state index contributed by atoms with van der Waals surface area (Å²) in [5.74, 6) is -1.98. The normalized spacial score (nSPS) is 12.3. The average Bonchev–Trinajstić information content (AvgIpc) is 2.69. The Kier molecular flexibility index (Phi) is 7.84. The highest BCUT2D eigenvalue weighted by atomic mass is 19.4. The molecule has 0 unspecified atom stereocenters. The van der Waals surface area contributed by atoms with Crippen LogP contribution < -0.4 is 10.2 Å². The van der Waals surface area contributed by atoms with Crippen LogP contribution >= 0.6 is 0 Å². The van der Waals surface area contributed by atoms with Crippen LogP contribution in [0.3, 0.4) is 0 Å². The number of hydrogen-bond acceptors (Lipinski definition) is 5. The zero-order valence-corrected chi connectivity index (χ0v) is 20.9. The molecular weight excluding hydrogens is 459 g/mol. The molecule has 8 heteroatoms. The zero-order valence-electron chi connectivity index (χ0n) is 20.9. The second-order valence-electron chi connectivity index (χ2n) is 9.93. The van der Waals surface area contributed by atoms with Gasteiger partial charge in [0, 0.05) is 19.6 Å². The lowest BCUT2D eigenvalue weighted by molar-refractivity contribution is -0.154. The van der Waals surface area contributed by atoms with E-state index >= 15 is 0 Å². The Hall–Kier alpha value is -3.00. The van der Waals surface area contributed by atoms with Crippen molar-refractivity contribution in [1.82, 2.24) is 4.90 Å². The van der Waals surface area contributed by atoms with Crippen LogP contribution in [0.25, 0.3) is 11.0 Å². The Labute approximate surface area is 203 Å². The van der Waals surface area contributed by atoms with Crippen molar-refractivity contribution in [2.45, 2.75) is 54.3 Å². The molecule has 3 rings (SSSR count). The van der Waals surface area contributed by atoms with Gasteiger partial charge in [-0.1, -0.05) is 33.8 Å². The first-order valence-electron chi connectivity index (χ1n) is 11.6. The van der Waals surface area contributed by atoms with E-state index in [1.807, 2.05) is 38.7 Å². The summed E-state index contributed by atoms with van der Waals surface area (Å²) in [5, 5.41) is 10.5. The molecule has 35 heavy (non-hydrogen) atoms. The minimum absolute atomic E-state index is 0.0841. The molecule has 3 aromatic rings. The molecule has 0 atom stereocenters. The first kappa shape index (κ1) is 26.6. The highest BCUT2D eigenvalue weighted by Crippen LogP contribution is 2.40. The summed E-state index contributed by atoms with van der Waals surface area (Å²) in [6.07, 6.45) is -4.99. The molecule has 1 heterocycles. The molecule has 2 aromatic carbocycles. The molecule has 0 aliphatic heterocycles. The van der Waals surface area contributed by atoms with Crippen LogP contribution in [0, 0.1) is 25.7 Å². The van der Waals surface area contributed by atoms with E-state index in [2.05, 4.69) is 0 Å². The highest BCUT2D eigenvalue weighted by molar-refractivity contribution is 5.83. The number of hydrogen-bond donors (Lipinski definition) is 1. The summed E-state index contributed by atoms with van der Waals surface area (Å²) < 4.78 is 53.1. The number of aromatic hydroxyl groups is 1. The van der Waals surface area contributed by atoms with Crippen molar-refractivity contribution in [3.8, 4) is 17.2 Å². The van der Waals surface area contributed by atoms with Gasteiger partial charge < -0.3 is 14.3 Å². The molecule has 0 bridgehead atoms. The number of ether oxygens (including phenoxy) is 1. The lowest BCUT2D eigenvalue weighted by Gasteiger charge is -2.26. The van der Waals surface area contributed by atoms with E-state index in [1.165, 1.54) is 12.1 Å². The number of phenolic OH excluding ortho intramolecular Hbond substituents is 1. The summed E-state index contributed by atoms with van der Waals surface area (Å²) >= 11 is 0. The van der Waals surface area contributed by atoms with Gasteiger partial charge in [0.15, 0.2) is 0 Å². The second-order valence-corrected chi connectivity index (χ2v) is 9.93. The number of benzene rings is 2. The number of phenols is 1. The molecule has 0 aliphatic rings. The van der Waals surface area contributed by atoms with E-state index in [0.29, 0.717) is 24.9 Å². The Morgan fingerprint density at radius 3 is 2.09 bits per heavy atom. The topological polar surface area (TPSA) is 62.9 Å². The van der Waals surface area contributed by atoms with Gasteiger partial charge in [0.1, 0.15) is 17.1 Å². The molecule has 0 radical (unpaired) electrons. The fourth-order valence-corrected chi connectivity index (χ4v) is 4.29. The monoisotopic (exact) mass is 491 g/mol. The largest absolute Gasteiger partial charge is 0.507 e. The molecule has 0 amide bonds. The fourth-order valence-electron chi connectivity index (χ4n) is 4.29. The van der Waals surface area contributed by atoms with E-state index in [-0.39, 0.29) is 34.6 Å². The van der Waals surface area contributed by atoms with Crippen molar-refractivity contribution in [3.63, 3.8) is 0 Å². The molecule has 5 nitrogen and oxygen atoms in total. The smallest absolute Gasteiger partial charge is 0.453 e. The summed E-state index contributed by atoms with van der Waals surface area (Å²) in [6.45, 7) is 13.2. The number of aryl methyl sites for hydroxylation is 2. The van der Waals surface area contributed by atoms with Gasteiger partial charge in [-0.2, -0.15) is 13.2 Å². The molecule has 0 saturated heterocycles. The quantitative estimate of drug-likeness (QED) is 0.366. The van der Waals surface area contributed by atoms with E-state index in [4.69, 9.17) is 9.15 Å². The maximum Gasteiger partial charge on any atom is 0.453 e. The van der Waals surface area contributed by atoms with Crippen LogP contribution in [0.15, 0.2) is 39.5 Å². The van der Waals surface area contributed by atoms with E-state index in [1.54, 1.807) is 26.0 Å². The summed E-state index contributed by atoms with van der Waals surface area (Å²) in [4.78, 5) is 15.3. The molecule has 1 aromatic heterocycles. The molecule has 0 aliphatic carbocycles. The number of fused-ring (bicyclic) bond motifs is 1. The highest BCUT2D eigenvalue weighted by Gasteiger charge is 2.41. The van der Waals surface area contributed by atoms with Crippen molar-refractivity contribution in [2.24, 2.45) is 11.8 Å². The third kappa shape index (κ3) is 6.36. The molecule has 0 spiro atoms. The number of nitrogens with zero attached hydrogens (tertiary/aromatic N) is 1. The van der Waals surface area contributed by atoms with Gasteiger partial charge in [-0.25, -0.2) is 0 Å². The minimum atomic E-state index is -4.99. The van der Waals surface area contributed by atoms with Gasteiger partial charge in [-0.3, -0.25) is 9.69 Å². The second kappa shape index (κ2) is 10.3. The van der Waals surface area contributed by atoms with Crippen LogP contribution in [-0.4, -0.2) is 23.1 Å². The summed E-state index contributed by atoms with van der Waals surface area (Å²) in [5.41, 5.74) is 0.470. The Morgan fingerprint density at radius 1 is 1.00 bits per heavy atom. The molecular formula is C27H32F3NO4. The fraction of sp³-hybridized carbons (Fsp3) is 0.444. The Morgan fingerprint density at radius 2 is 1.57 bits per heavy atom. The number of rotatable bonds is 8. The van der Waals surface area contributed by atoms with Crippen LogP contribution in [0.4, 0.5) is 13.2 Å². The number of alkyl halides is 3. The van der Waals surface area contributed by atoms with Gasteiger partial charge >= 0.3 is 6.18 Å².